The van der Waals surface area contributed by atoms with Gasteiger partial charge in [0.25, 0.3) is 0 Å². The fourth-order valence-corrected chi connectivity index (χ4v) is 14.5. The molecule has 4 unspecified atom stereocenters. The molecule has 0 fully saturated rings. The van der Waals surface area contributed by atoms with Gasteiger partial charge in [-0.3, -0.25) is 37.3 Å². The molecule has 19 heteroatoms. The van der Waals surface area contributed by atoms with E-state index in [0.717, 1.165) is 114 Å². The van der Waals surface area contributed by atoms with Crippen LogP contribution >= 0.6 is 15.6 Å². The maximum absolute atomic E-state index is 13.1. The number of phosphoric acid groups is 2. The minimum Gasteiger partial charge on any atom is -0.462 e. The Morgan fingerprint density at radius 1 is 0.282 bits per heavy atom. The Labute approximate surface area is 632 Å². The van der Waals surface area contributed by atoms with Crippen molar-refractivity contribution in [3.8, 4) is 0 Å². The van der Waals surface area contributed by atoms with Gasteiger partial charge in [-0.25, -0.2) is 9.13 Å². The van der Waals surface area contributed by atoms with Crippen molar-refractivity contribution in [3.63, 3.8) is 0 Å². The highest BCUT2D eigenvalue weighted by Gasteiger charge is 2.30. The lowest BCUT2D eigenvalue weighted by Crippen LogP contribution is -2.30. The second-order valence-corrected chi connectivity index (χ2v) is 34.1. The first-order valence-corrected chi connectivity index (χ1v) is 46.4. The molecular formula is C84H164O17P2. The van der Waals surface area contributed by atoms with Crippen molar-refractivity contribution in [2.75, 3.05) is 39.6 Å². The predicted octanol–water partition coefficient (Wildman–Crippen LogP) is 25.3. The molecule has 0 saturated carbocycles. The highest BCUT2D eigenvalue weighted by atomic mass is 31.2. The van der Waals surface area contributed by atoms with Gasteiger partial charge >= 0.3 is 39.5 Å². The number of rotatable bonds is 82. The minimum atomic E-state index is -4.97. The Bertz CT molecular complexity index is 2000. The maximum atomic E-state index is 13.1. The van der Waals surface area contributed by atoms with Crippen LogP contribution in [0.15, 0.2) is 0 Å². The summed E-state index contributed by atoms with van der Waals surface area (Å²) in [5.41, 5.74) is 0. The molecule has 612 valence electrons. The quantitative estimate of drug-likeness (QED) is 0.0222. The van der Waals surface area contributed by atoms with Crippen molar-refractivity contribution in [3.05, 3.63) is 0 Å². The van der Waals surface area contributed by atoms with Gasteiger partial charge in [-0.15, -0.1) is 0 Å². The molecule has 0 aromatic carbocycles. The zero-order chi connectivity index (χ0) is 75.8. The Morgan fingerprint density at radius 2 is 0.495 bits per heavy atom. The summed E-state index contributed by atoms with van der Waals surface area (Å²) in [4.78, 5) is 73.1. The third-order valence-corrected chi connectivity index (χ3v) is 22.3. The van der Waals surface area contributed by atoms with Crippen LogP contribution in [0.3, 0.4) is 0 Å². The number of unbranched alkanes of at least 4 members (excludes halogenated alkanes) is 48. The average molecular weight is 1510 g/mol. The van der Waals surface area contributed by atoms with Crippen molar-refractivity contribution in [2.45, 2.75) is 458 Å². The first kappa shape index (κ1) is 101. The second-order valence-electron chi connectivity index (χ2n) is 31.2. The van der Waals surface area contributed by atoms with Crippen LogP contribution in [0.2, 0.25) is 0 Å². The fourth-order valence-electron chi connectivity index (χ4n) is 13.0. The van der Waals surface area contributed by atoms with Gasteiger partial charge in [0.05, 0.1) is 26.4 Å². The second kappa shape index (κ2) is 74.2. The third-order valence-electron chi connectivity index (χ3n) is 20.4. The lowest BCUT2D eigenvalue weighted by Gasteiger charge is -2.21. The largest absolute Gasteiger partial charge is 0.472 e. The number of ether oxygens (including phenoxy) is 4. The molecule has 0 aliphatic heterocycles. The van der Waals surface area contributed by atoms with E-state index >= 15 is 0 Å². The van der Waals surface area contributed by atoms with Gasteiger partial charge in [0.15, 0.2) is 12.2 Å². The Morgan fingerprint density at radius 3 is 0.738 bits per heavy atom. The van der Waals surface area contributed by atoms with E-state index in [1.54, 1.807) is 0 Å². The van der Waals surface area contributed by atoms with E-state index < -0.39 is 97.5 Å². The van der Waals surface area contributed by atoms with Crippen LogP contribution in [0.25, 0.3) is 0 Å². The molecule has 0 spiro atoms. The smallest absolute Gasteiger partial charge is 0.462 e. The molecule has 0 bridgehead atoms. The van der Waals surface area contributed by atoms with E-state index in [-0.39, 0.29) is 25.7 Å². The summed E-state index contributed by atoms with van der Waals surface area (Å²) >= 11 is 0. The summed E-state index contributed by atoms with van der Waals surface area (Å²) in [5.74, 6) is 0.222. The lowest BCUT2D eigenvalue weighted by atomic mass is 9.99. The number of aliphatic hydroxyl groups is 1. The van der Waals surface area contributed by atoms with E-state index in [2.05, 4.69) is 48.5 Å². The maximum Gasteiger partial charge on any atom is 0.472 e. The van der Waals surface area contributed by atoms with Crippen LogP contribution in [-0.4, -0.2) is 96.7 Å². The highest BCUT2D eigenvalue weighted by molar-refractivity contribution is 7.47. The zero-order valence-corrected chi connectivity index (χ0v) is 69.6. The number of carbonyl (C=O) groups is 4. The van der Waals surface area contributed by atoms with E-state index in [0.29, 0.717) is 25.7 Å². The van der Waals surface area contributed by atoms with Crippen LogP contribution in [0.4, 0.5) is 0 Å². The SMILES string of the molecule is CCCCCCCCCCCCCCCCCCCCCCCCC(=O)O[C@H](COC(=O)CCCCCCCCCCCCCCCCC(C)CC)COP(=O)(O)OC[C@@H](O)COP(=O)(O)OC[C@@H](COC(=O)CCCCCCCCC(C)CC)OC(=O)CCCCCCCCCCCCC(C)C. The summed E-state index contributed by atoms with van der Waals surface area (Å²) < 4.78 is 68.8. The van der Waals surface area contributed by atoms with Crippen molar-refractivity contribution >= 4 is 39.5 Å². The van der Waals surface area contributed by atoms with Crippen LogP contribution in [0, 0.1) is 17.8 Å². The van der Waals surface area contributed by atoms with Crippen molar-refractivity contribution in [1.29, 1.82) is 0 Å². The fraction of sp³-hybridized carbons (Fsp3) is 0.952. The van der Waals surface area contributed by atoms with E-state index in [9.17, 15) is 43.2 Å². The van der Waals surface area contributed by atoms with Crippen molar-refractivity contribution in [1.82, 2.24) is 0 Å². The molecule has 0 aromatic heterocycles. The summed E-state index contributed by atoms with van der Waals surface area (Å²) in [6.45, 7) is 12.0. The third kappa shape index (κ3) is 75.3. The molecule has 17 nitrogen and oxygen atoms in total. The molecule has 0 amide bonds. The van der Waals surface area contributed by atoms with Gasteiger partial charge in [0.2, 0.25) is 0 Å². The topological polar surface area (TPSA) is 237 Å². The monoisotopic (exact) mass is 1510 g/mol. The molecular weight excluding hydrogens is 1340 g/mol. The number of aliphatic hydroxyl groups excluding tert-OH is 1. The molecule has 3 N–H and O–H groups in total. The Balaban J connectivity index is 5.22. The summed E-state index contributed by atoms with van der Waals surface area (Å²) in [7, 11) is -9.92. The van der Waals surface area contributed by atoms with E-state index in [1.165, 1.54) is 244 Å². The average Bonchev–Trinajstić information content (AvgIpc) is 0.918. The molecule has 0 heterocycles. The molecule has 0 aliphatic carbocycles. The van der Waals surface area contributed by atoms with Crippen LogP contribution in [-0.2, 0) is 65.4 Å². The van der Waals surface area contributed by atoms with Gasteiger partial charge in [-0.2, -0.15) is 0 Å². The summed E-state index contributed by atoms with van der Waals surface area (Å²) in [6.07, 6.45) is 64.0. The zero-order valence-electron chi connectivity index (χ0n) is 67.8. The highest BCUT2D eigenvalue weighted by Crippen LogP contribution is 2.45. The van der Waals surface area contributed by atoms with Gasteiger partial charge < -0.3 is 33.8 Å². The predicted molar refractivity (Wildman–Crippen MR) is 423 cm³/mol. The van der Waals surface area contributed by atoms with Crippen LogP contribution in [0.1, 0.15) is 440 Å². The van der Waals surface area contributed by atoms with Gasteiger partial charge in [0, 0.05) is 25.7 Å². The van der Waals surface area contributed by atoms with Gasteiger partial charge in [-0.1, -0.05) is 389 Å². The van der Waals surface area contributed by atoms with Crippen LogP contribution in [0.5, 0.6) is 0 Å². The molecule has 0 aliphatic rings. The molecule has 0 aromatic rings. The number of hydrogen-bond donors (Lipinski definition) is 3. The van der Waals surface area contributed by atoms with Crippen LogP contribution < -0.4 is 0 Å². The van der Waals surface area contributed by atoms with Crippen molar-refractivity contribution in [2.24, 2.45) is 17.8 Å². The van der Waals surface area contributed by atoms with Gasteiger partial charge in [-0.05, 0) is 43.4 Å². The first-order valence-electron chi connectivity index (χ1n) is 43.4. The van der Waals surface area contributed by atoms with Gasteiger partial charge in [0.1, 0.15) is 19.3 Å². The molecule has 0 radical (unpaired) electrons. The Hall–Kier alpha value is -1.94. The van der Waals surface area contributed by atoms with E-state index in [4.69, 9.17) is 37.0 Å². The normalized spacial score (nSPS) is 14.4. The minimum absolute atomic E-state index is 0.105. The lowest BCUT2D eigenvalue weighted by molar-refractivity contribution is -0.161. The number of esters is 4. The molecule has 0 rings (SSSR count). The first-order chi connectivity index (χ1) is 49.8. The summed E-state index contributed by atoms with van der Waals surface area (Å²) in [6, 6.07) is 0. The molecule has 7 atom stereocenters. The Kier molecular flexibility index (Phi) is 72.8. The van der Waals surface area contributed by atoms with Crippen molar-refractivity contribution < 1.29 is 80.2 Å². The standard InChI is InChI=1S/C84H164O17P2/c1-8-11-12-13-14-15-16-17-18-19-20-21-22-23-24-25-30-33-39-44-53-60-67-83(88)100-79(71-94-81(86)65-58-51-43-38-32-29-27-26-28-31-37-42-49-56-63-76(6)9-2)73-98-102(90,91)96-69-78(85)70-97-103(92,93)99-74-80(72-95-82(87)66-59-52-47-46-50-57-64-77(7)10-3)101-84(89)68-61-54-45-40-35-34-36-41-48-55-62-75(4)5/h75-80,85H,8-74H2,1-7H3,(H,90,91)(H,92,93)/t76?,77?,78-,79-,80-/m1/s1. The number of carbonyl (C=O) groups excluding carboxylic acids is 4. The number of hydrogen-bond acceptors (Lipinski definition) is 15. The summed E-state index contributed by atoms with van der Waals surface area (Å²) in [5, 5.41) is 10.7. The number of phosphoric ester groups is 2. The van der Waals surface area contributed by atoms with E-state index in [1.807, 2.05) is 0 Å². The molecule has 0 saturated heterocycles. The molecule has 103 heavy (non-hydrogen) atoms.